The Morgan fingerprint density at radius 3 is 2.70 bits per heavy atom. The number of amides is 1. The Morgan fingerprint density at radius 2 is 1.96 bits per heavy atom. The number of aromatic nitrogens is 2. The SMILES string of the molecule is Cc1ccc(S(N)(=O)=O)cc1C(=O)Nn1cnc2ccccc21. The number of hydrogen-bond donors (Lipinski definition) is 2. The highest BCUT2D eigenvalue weighted by Crippen LogP contribution is 2.16. The molecule has 3 N–H and O–H groups in total. The molecule has 2 aromatic carbocycles. The predicted molar refractivity (Wildman–Crippen MR) is 86.0 cm³/mol. The van der Waals surface area contributed by atoms with Gasteiger partial charge in [-0.05, 0) is 36.8 Å². The first-order valence-corrected chi connectivity index (χ1v) is 8.28. The highest BCUT2D eigenvalue weighted by molar-refractivity contribution is 7.89. The fourth-order valence-electron chi connectivity index (χ4n) is 2.24. The van der Waals surface area contributed by atoms with Gasteiger partial charge in [0.25, 0.3) is 5.91 Å². The fourth-order valence-corrected chi connectivity index (χ4v) is 2.78. The molecule has 0 aliphatic rings. The van der Waals surface area contributed by atoms with Crippen molar-refractivity contribution < 1.29 is 13.2 Å². The maximum atomic E-state index is 12.5. The minimum Gasteiger partial charge on any atom is -0.267 e. The van der Waals surface area contributed by atoms with Gasteiger partial charge in [0, 0.05) is 5.56 Å². The first-order valence-electron chi connectivity index (χ1n) is 6.73. The highest BCUT2D eigenvalue weighted by Gasteiger charge is 2.15. The van der Waals surface area contributed by atoms with Crippen molar-refractivity contribution in [3.05, 3.63) is 59.9 Å². The van der Waals surface area contributed by atoms with Gasteiger partial charge in [-0.15, -0.1) is 0 Å². The zero-order chi connectivity index (χ0) is 16.6. The van der Waals surface area contributed by atoms with Gasteiger partial charge in [0.2, 0.25) is 10.0 Å². The van der Waals surface area contributed by atoms with E-state index in [1.54, 1.807) is 13.0 Å². The standard InChI is InChI=1S/C15H14N4O3S/c1-10-6-7-11(23(16,21)22)8-12(10)15(20)18-19-9-17-13-4-2-3-5-14(13)19/h2-9H,1H3,(H,18,20)(H2,16,21,22). The third-order valence-electron chi connectivity index (χ3n) is 3.46. The van der Waals surface area contributed by atoms with Gasteiger partial charge in [0.05, 0.1) is 15.9 Å². The van der Waals surface area contributed by atoms with Crippen molar-refractivity contribution in [2.24, 2.45) is 5.14 Å². The van der Waals surface area contributed by atoms with Gasteiger partial charge >= 0.3 is 0 Å². The Labute approximate surface area is 132 Å². The smallest absolute Gasteiger partial charge is 0.267 e. The van der Waals surface area contributed by atoms with E-state index < -0.39 is 15.9 Å². The van der Waals surface area contributed by atoms with E-state index in [-0.39, 0.29) is 10.5 Å². The third kappa shape index (κ3) is 2.94. The van der Waals surface area contributed by atoms with Gasteiger partial charge in [-0.25, -0.2) is 23.2 Å². The lowest BCUT2D eigenvalue weighted by molar-refractivity contribution is 0.101. The summed E-state index contributed by atoms with van der Waals surface area (Å²) in [6, 6.07) is 11.5. The molecule has 1 heterocycles. The molecule has 0 bridgehead atoms. The molecule has 0 aliphatic carbocycles. The summed E-state index contributed by atoms with van der Waals surface area (Å²) in [5.41, 5.74) is 5.03. The Bertz CT molecular complexity index is 1010. The first-order chi connectivity index (χ1) is 10.9. The molecule has 3 aromatic rings. The van der Waals surface area contributed by atoms with Gasteiger partial charge in [-0.1, -0.05) is 18.2 Å². The van der Waals surface area contributed by atoms with E-state index in [9.17, 15) is 13.2 Å². The second-order valence-electron chi connectivity index (χ2n) is 5.07. The lowest BCUT2D eigenvalue weighted by Gasteiger charge is -2.10. The van der Waals surface area contributed by atoms with Crippen LogP contribution in [0.3, 0.4) is 0 Å². The lowest BCUT2D eigenvalue weighted by atomic mass is 10.1. The number of fused-ring (bicyclic) bond motifs is 1. The molecule has 1 amide bonds. The maximum absolute atomic E-state index is 12.5. The van der Waals surface area contributed by atoms with Crippen LogP contribution < -0.4 is 10.6 Å². The van der Waals surface area contributed by atoms with Crippen LogP contribution in [-0.4, -0.2) is 24.0 Å². The summed E-state index contributed by atoms with van der Waals surface area (Å²) in [5.74, 6) is -0.448. The van der Waals surface area contributed by atoms with Crippen molar-refractivity contribution in [3.8, 4) is 0 Å². The number of primary sulfonamides is 1. The molecule has 0 spiro atoms. The number of nitrogens with one attached hydrogen (secondary N) is 1. The average Bonchev–Trinajstić information content (AvgIpc) is 2.90. The number of carbonyl (C=O) groups excluding carboxylic acids is 1. The van der Waals surface area contributed by atoms with Crippen molar-refractivity contribution in [1.82, 2.24) is 9.66 Å². The molecule has 23 heavy (non-hydrogen) atoms. The van der Waals surface area contributed by atoms with Crippen LogP contribution >= 0.6 is 0 Å². The molecule has 7 nitrogen and oxygen atoms in total. The van der Waals surface area contributed by atoms with Crippen molar-refractivity contribution in [2.75, 3.05) is 5.43 Å². The van der Waals surface area contributed by atoms with Crippen LogP contribution in [0.4, 0.5) is 0 Å². The zero-order valence-corrected chi connectivity index (χ0v) is 13.0. The molecule has 0 saturated carbocycles. The monoisotopic (exact) mass is 330 g/mol. The molecule has 8 heteroatoms. The summed E-state index contributed by atoms with van der Waals surface area (Å²) < 4.78 is 24.4. The maximum Gasteiger partial charge on any atom is 0.270 e. The molecule has 0 saturated heterocycles. The normalized spacial score (nSPS) is 11.6. The van der Waals surface area contributed by atoms with Gasteiger partial charge in [-0.3, -0.25) is 10.2 Å². The van der Waals surface area contributed by atoms with Crippen LogP contribution in [0.25, 0.3) is 11.0 Å². The van der Waals surface area contributed by atoms with Crippen molar-refractivity contribution in [1.29, 1.82) is 0 Å². The van der Waals surface area contributed by atoms with E-state index in [0.29, 0.717) is 5.56 Å². The van der Waals surface area contributed by atoms with Crippen LogP contribution in [-0.2, 0) is 10.0 Å². The van der Waals surface area contributed by atoms with Gasteiger partial charge in [0.15, 0.2) is 0 Å². The molecular formula is C15H14N4O3S. The Hall–Kier alpha value is -2.71. The summed E-state index contributed by atoms with van der Waals surface area (Å²) in [6.07, 6.45) is 1.49. The Morgan fingerprint density at radius 1 is 1.22 bits per heavy atom. The molecule has 1 aromatic heterocycles. The number of carbonyl (C=O) groups is 1. The topological polar surface area (TPSA) is 107 Å². The quantitative estimate of drug-likeness (QED) is 0.756. The second-order valence-corrected chi connectivity index (χ2v) is 6.63. The van der Waals surface area contributed by atoms with E-state index >= 15 is 0 Å². The van der Waals surface area contributed by atoms with E-state index in [1.165, 1.54) is 23.1 Å². The largest absolute Gasteiger partial charge is 0.270 e. The number of sulfonamides is 1. The number of imidazole rings is 1. The lowest BCUT2D eigenvalue weighted by Crippen LogP contribution is -2.23. The highest BCUT2D eigenvalue weighted by atomic mass is 32.2. The first kappa shape index (κ1) is 15.2. The summed E-state index contributed by atoms with van der Waals surface area (Å²) in [6.45, 7) is 1.72. The van der Waals surface area contributed by atoms with Crippen LogP contribution in [0.15, 0.2) is 53.7 Å². The van der Waals surface area contributed by atoms with Crippen LogP contribution in [0.5, 0.6) is 0 Å². The number of para-hydroxylation sites is 2. The number of nitrogens with two attached hydrogens (primary N) is 1. The number of rotatable bonds is 3. The number of benzene rings is 2. The molecule has 0 radical (unpaired) electrons. The van der Waals surface area contributed by atoms with E-state index in [0.717, 1.165) is 11.0 Å². The molecule has 0 fully saturated rings. The fraction of sp³-hybridized carbons (Fsp3) is 0.0667. The number of hydrogen-bond acceptors (Lipinski definition) is 4. The summed E-state index contributed by atoms with van der Waals surface area (Å²) >= 11 is 0. The third-order valence-corrected chi connectivity index (χ3v) is 4.37. The van der Waals surface area contributed by atoms with Crippen molar-refractivity contribution >= 4 is 27.0 Å². The van der Waals surface area contributed by atoms with E-state index in [2.05, 4.69) is 10.4 Å². The van der Waals surface area contributed by atoms with Crippen LogP contribution in [0.1, 0.15) is 15.9 Å². The molecule has 0 unspecified atom stereocenters. The number of nitrogens with zero attached hydrogens (tertiary/aromatic N) is 2. The Balaban J connectivity index is 1.98. The van der Waals surface area contributed by atoms with Crippen molar-refractivity contribution in [3.63, 3.8) is 0 Å². The molecule has 0 atom stereocenters. The summed E-state index contributed by atoms with van der Waals surface area (Å²) in [5, 5.41) is 5.11. The van der Waals surface area contributed by atoms with E-state index in [4.69, 9.17) is 5.14 Å². The second kappa shape index (κ2) is 5.49. The van der Waals surface area contributed by atoms with Gasteiger partial charge < -0.3 is 0 Å². The summed E-state index contributed by atoms with van der Waals surface area (Å²) in [4.78, 5) is 16.5. The average molecular weight is 330 g/mol. The molecule has 118 valence electrons. The zero-order valence-electron chi connectivity index (χ0n) is 12.2. The van der Waals surface area contributed by atoms with Gasteiger partial charge in [-0.2, -0.15) is 0 Å². The molecular weight excluding hydrogens is 316 g/mol. The number of aryl methyl sites for hydroxylation is 1. The molecule has 3 rings (SSSR count). The van der Waals surface area contributed by atoms with Crippen LogP contribution in [0, 0.1) is 6.92 Å². The van der Waals surface area contributed by atoms with Crippen LogP contribution in [0.2, 0.25) is 0 Å². The Kier molecular flexibility index (Phi) is 3.63. The van der Waals surface area contributed by atoms with E-state index in [1.807, 2.05) is 24.3 Å². The molecule has 0 aliphatic heterocycles. The van der Waals surface area contributed by atoms with Gasteiger partial charge in [0.1, 0.15) is 6.33 Å². The van der Waals surface area contributed by atoms with Crippen molar-refractivity contribution in [2.45, 2.75) is 11.8 Å². The minimum atomic E-state index is -3.87. The summed E-state index contributed by atoms with van der Waals surface area (Å²) in [7, 11) is -3.87. The predicted octanol–water partition coefficient (Wildman–Crippen LogP) is 1.38. The minimum absolute atomic E-state index is 0.108.